The molecular formula is C25H18FN5O. The van der Waals surface area contributed by atoms with Gasteiger partial charge in [-0.3, -0.25) is 9.78 Å². The van der Waals surface area contributed by atoms with Gasteiger partial charge in [-0.05, 0) is 30.3 Å². The van der Waals surface area contributed by atoms with Crippen LogP contribution < -0.4 is 5.32 Å². The molecular weight excluding hydrogens is 405 g/mol. The maximum atomic E-state index is 14.5. The molecule has 5 aromatic rings. The summed E-state index contributed by atoms with van der Waals surface area (Å²) in [5.41, 5.74) is 3.67. The van der Waals surface area contributed by atoms with Gasteiger partial charge < -0.3 is 5.32 Å². The van der Waals surface area contributed by atoms with Crippen molar-refractivity contribution >= 4 is 11.6 Å². The number of pyridine rings is 1. The van der Waals surface area contributed by atoms with E-state index >= 15 is 0 Å². The van der Waals surface area contributed by atoms with Gasteiger partial charge in [0.1, 0.15) is 11.5 Å². The molecule has 3 heterocycles. The fourth-order valence-electron chi connectivity index (χ4n) is 3.46. The quantitative estimate of drug-likeness (QED) is 0.451. The lowest BCUT2D eigenvalue weighted by Crippen LogP contribution is -2.26. The third-order valence-corrected chi connectivity index (χ3v) is 5.04. The molecule has 32 heavy (non-hydrogen) atoms. The lowest BCUT2D eigenvalue weighted by Gasteiger charge is -2.09. The highest BCUT2D eigenvalue weighted by Gasteiger charge is 2.18. The van der Waals surface area contributed by atoms with E-state index in [0.717, 1.165) is 11.3 Å². The number of fused-ring (bicyclic) bond motifs is 1. The lowest BCUT2D eigenvalue weighted by molar-refractivity contribution is 0.0943. The third kappa shape index (κ3) is 3.83. The zero-order chi connectivity index (χ0) is 21.9. The molecule has 0 aliphatic rings. The van der Waals surface area contributed by atoms with E-state index < -0.39 is 5.82 Å². The van der Waals surface area contributed by atoms with Gasteiger partial charge in [-0.2, -0.15) is 5.10 Å². The number of benzene rings is 2. The van der Waals surface area contributed by atoms with E-state index in [1.54, 1.807) is 36.5 Å². The van der Waals surface area contributed by atoms with Gasteiger partial charge in [0.15, 0.2) is 5.65 Å². The number of hydrogen-bond acceptors (Lipinski definition) is 4. The topological polar surface area (TPSA) is 72.2 Å². The van der Waals surface area contributed by atoms with Gasteiger partial charge in [0.25, 0.3) is 5.91 Å². The molecule has 156 valence electrons. The Bertz CT molecular complexity index is 1400. The summed E-state index contributed by atoms with van der Waals surface area (Å²) in [6, 6.07) is 24.8. The Balaban J connectivity index is 1.60. The standard InChI is InChI=1S/C25H18FN5O/c26-20-12-5-4-11-19(20)22-14-23(25(32)28-16-18-10-6-7-13-27-18)31-24(29-22)15-21(30-31)17-8-2-1-3-9-17/h1-15H,16H2,(H,28,32). The zero-order valence-electron chi connectivity index (χ0n) is 16.9. The van der Waals surface area contributed by atoms with Crippen LogP contribution in [0.5, 0.6) is 0 Å². The predicted molar refractivity (Wildman–Crippen MR) is 119 cm³/mol. The van der Waals surface area contributed by atoms with E-state index in [2.05, 4.69) is 20.4 Å². The maximum Gasteiger partial charge on any atom is 0.270 e. The Labute approximate surface area is 183 Å². The molecule has 0 radical (unpaired) electrons. The molecule has 0 saturated carbocycles. The van der Waals surface area contributed by atoms with Crippen LogP contribution in [0.1, 0.15) is 16.2 Å². The van der Waals surface area contributed by atoms with Crippen molar-refractivity contribution in [1.82, 2.24) is 24.9 Å². The first-order valence-electron chi connectivity index (χ1n) is 10.1. The molecule has 0 aliphatic carbocycles. The number of halogens is 1. The van der Waals surface area contributed by atoms with Crippen LogP contribution in [0, 0.1) is 5.82 Å². The molecule has 0 bridgehead atoms. The molecule has 0 aliphatic heterocycles. The van der Waals surface area contributed by atoms with Gasteiger partial charge in [0.05, 0.1) is 23.6 Å². The van der Waals surface area contributed by atoms with Crippen LogP contribution in [-0.4, -0.2) is 25.5 Å². The number of nitrogens with zero attached hydrogens (tertiary/aromatic N) is 4. The van der Waals surface area contributed by atoms with Gasteiger partial charge in [-0.15, -0.1) is 0 Å². The second kappa shape index (κ2) is 8.39. The highest BCUT2D eigenvalue weighted by atomic mass is 19.1. The van der Waals surface area contributed by atoms with E-state index in [4.69, 9.17) is 0 Å². The molecule has 1 amide bonds. The highest BCUT2D eigenvalue weighted by Crippen LogP contribution is 2.25. The normalized spacial score (nSPS) is 10.9. The summed E-state index contributed by atoms with van der Waals surface area (Å²) in [4.78, 5) is 21.9. The summed E-state index contributed by atoms with van der Waals surface area (Å²) in [6.07, 6.45) is 1.67. The molecule has 5 rings (SSSR count). The molecule has 2 aromatic carbocycles. The van der Waals surface area contributed by atoms with Crippen molar-refractivity contribution in [1.29, 1.82) is 0 Å². The molecule has 0 unspecified atom stereocenters. The zero-order valence-corrected chi connectivity index (χ0v) is 16.9. The SMILES string of the molecule is O=C(NCc1ccccn1)c1cc(-c2ccccc2F)nc2cc(-c3ccccc3)nn12. The van der Waals surface area contributed by atoms with Crippen molar-refractivity contribution in [2.75, 3.05) is 0 Å². The predicted octanol–water partition coefficient (Wildman–Crippen LogP) is 4.53. The summed E-state index contributed by atoms with van der Waals surface area (Å²) in [5.74, 6) is -0.768. The lowest BCUT2D eigenvalue weighted by atomic mass is 10.1. The summed E-state index contributed by atoms with van der Waals surface area (Å²) in [6.45, 7) is 0.255. The van der Waals surface area contributed by atoms with Crippen LogP contribution in [0.25, 0.3) is 28.2 Å². The number of amides is 1. The minimum absolute atomic E-state index is 0.255. The van der Waals surface area contributed by atoms with E-state index in [-0.39, 0.29) is 18.1 Å². The Morgan fingerprint density at radius 1 is 0.906 bits per heavy atom. The van der Waals surface area contributed by atoms with Crippen LogP contribution in [0.4, 0.5) is 4.39 Å². The molecule has 3 aromatic heterocycles. The van der Waals surface area contributed by atoms with Crippen molar-refractivity contribution in [3.05, 3.63) is 108 Å². The van der Waals surface area contributed by atoms with Crippen LogP contribution >= 0.6 is 0 Å². The minimum atomic E-state index is -0.410. The average Bonchev–Trinajstić information content (AvgIpc) is 3.28. The van der Waals surface area contributed by atoms with Crippen LogP contribution in [0.3, 0.4) is 0 Å². The Kier molecular flexibility index (Phi) is 5.13. The number of aromatic nitrogens is 4. The minimum Gasteiger partial charge on any atom is -0.345 e. The van der Waals surface area contributed by atoms with Crippen molar-refractivity contribution in [2.45, 2.75) is 6.54 Å². The van der Waals surface area contributed by atoms with E-state index in [1.165, 1.54) is 10.6 Å². The Hall–Kier alpha value is -4.39. The van der Waals surface area contributed by atoms with Crippen molar-refractivity contribution < 1.29 is 9.18 Å². The highest BCUT2D eigenvalue weighted by molar-refractivity contribution is 5.94. The number of hydrogen-bond donors (Lipinski definition) is 1. The fourth-order valence-corrected chi connectivity index (χ4v) is 3.46. The molecule has 0 atom stereocenters. The molecule has 1 N–H and O–H groups in total. The first kappa shape index (κ1) is 19.6. The molecule has 6 nitrogen and oxygen atoms in total. The van der Waals surface area contributed by atoms with Crippen molar-refractivity contribution in [3.63, 3.8) is 0 Å². The first-order valence-corrected chi connectivity index (χ1v) is 10.1. The van der Waals surface area contributed by atoms with Crippen molar-refractivity contribution in [2.24, 2.45) is 0 Å². The van der Waals surface area contributed by atoms with E-state index in [9.17, 15) is 9.18 Å². The van der Waals surface area contributed by atoms with Gasteiger partial charge in [0, 0.05) is 23.4 Å². The largest absolute Gasteiger partial charge is 0.345 e. The van der Waals surface area contributed by atoms with Crippen LogP contribution in [-0.2, 0) is 6.54 Å². The maximum absolute atomic E-state index is 14.5. The van der Waals surface area contributed by atoms with Crippen LogP contribution in [0.15, 0.2) is 91.1 Å². The second-order valence-electron chi connectivity index (χ2n) is 7.18. The Morgan fingerprint density at radius 3 is 2.47 bits per heavy atom. The van der Waals surface area contributed by atoms with Gasteiger partial charge in [-0.25, -0.2) is 13.9 Å². The summed E-state index contributed by atoms with van der Waals surface area (Å²) >= 11 is 0. The van der Waals surface area contributed by atoms with Gasteiger partial charge >= 0.3 is 0 Å². The first-order chi connectivity index (χ1) is 15.7. The number of rotatable bonds is 5. The van der Waals surface area contributed by atoms with Gasteiger partial charge in [0.2, 0.25) is 0 Å². The molecule has 0 fully saturated rings. The number of nitrogens with one attached hydrogen (secondary N) is 1. The van der Waals surface area contributed by atoms with Crippen molar-refractivity contribution in [3.8, 4) is 22.5 Å². The fraction of sp³-hybridized carbons (Fsp3) is 0.0400. The second-order valence-corrected chi connectivity index (χ2v) is 7.18. The summed E-state index contributed by atoms with van der Waals surface area (Å²) < 4.78 is 16.0. The molecule has 7 heteroatoms. The number of carbonyl (C=O) groups is 1. The monoisotopic (exact) mass is 423 g/mol. The van der Waals surface area contributed by atoms with Gasteiger partial charge in [-0.1, -0.05) is 48.5 Å². The Morgan fingerprint density at radius 2 is 1.69 bits per heavy atom. The third-order valence-electron chi connectivity index (χ3n) is 5.04. The average molecular weight is 423 g/mol. The summed E-state index contributed by atoms with van der Waals surface area (Å²) in [5, 5.41) is 7.47. The van der Waals surface area contributed by atoms with E-state index in [0.29, 0.717) is 22.6 Å². The molecule has 0 spiro atoms. The number of carbonyl (C=O) groups excluding carboxylic acids is 1. The van der Waals surface area contributed by atoms with Crippen LogP contribution in [0.2, 0.25) is 0 Å². The smallest absolute Gasteiger partial charge is 0.270 e. The van der Waals surface area contributed by atoms with E-state index in [1.807, 2.05) is 48.5 Å². The molecule has 0 saturated heterocycles. The summed E-state index contributed by atoms with van der Waals surface area (Å²) in [7, 11) is 0.